The number of benzene rings is 1. The molecule has 1 saturated carbocycles. The van der Waals surface area contributed by atoms with Gasteiger partial charge in [0.2, 0.25) is 5.91 Å². The van der Waals surface area contributed by atoms with Crippen LogP contribution in [-0.2, 0) is 27.5 Å². The zero-order valence-electron chi connectivity index (χ0n) is 13.6. The lowest BCUT2D eigenvalue weighted by molar-refractivity contribution is -0.157. The van der Waals surface area contributed by atoms with E-state index in [4.69, 9.17) is 4.74 Å². The molecule has 5 heteroatoms. The lowest BCUT2D eigenvalue weighted by atomic mass is 9.66. The van der Waals surface area contributed by atoms with Gasteiger partial charge in [-0.3, -0.25) is 9.59 Å². The zero-order valence-corrected chi connectivity index (χ0v) is 13.6. The van der Waals surface area contributed by atoms with Gasteiger partial charge in [0, 0.05) is 19.6 Å². The summed E-state index contributed by atoms with van der Waals surface area (Å²) in [5, 5.41) is 12.1. The number of amides is 1. The van der Waals surface area contributed by atoms with Crippen LogP contribution in [0.25, 0.3) is 0 Å². The predicted molar refractivity (Wildman–Crippen MR) is 86.8 cm³/mol. The van der Waals surface area contributed by atoms with E-state index in [1.807, 2.05) is 24.3 Å². The molecule has 0 atom stereocenters. The minimum absolute atomic E-state index is 0.0663. The second-order valence-electron chi connectivity index (χ2n) is 6.21. The summed E-state index contributed by atoms with van der Waals surface area (Å²) in [4.78, 5) is 23.4. The van der Waals surface area contributed by atoms with Crippen LogP contribution in [0.4, 0.5) is 0 Å². The standard InChI is InChI=1S/C18H25NO4/c1-2-10-23-13-15-7-4-3-6-14(15)12-19-16(20)11-18(17(21)22)8-5-9-18/h3-4,6-7H,2,5,8-13H2,1H3,(H,19,20)(H,21,22). The van der Waals surface area contributed by atoms with Gasteiger partial charge in [-0.15, -0.1) is 0 Å². The number of ether oxygens (including phenoxy) is 1. The molecule has 1 aliphatic carbocycles. The highest BCUT2D eigenvalue weighted by atomic mass is 16.5. The molecule has 0 aliphatic heterocycles. The molecule has 1 fully saturated rings. The van der Waals surface area contributed by atoms with Crippen molar-refractivity contribution in [2.45, 2.75) is 52.2 Å². The lowest BCUT2D eigenvalue weighted by Gasteiger charge is -2.36. The minimum atomic E-state index is -0.854. The first-order valence-electron chi connectivity index (χ1n) is 8.22. The summed E-state index contributed by atoms with van der Waals surface area (Å²) in [6, 6.07) is 7.82. The Bertz CT molecular complexity index is 552. The number of rotatable bonds is 9. The maximum atomic E-state index is 12.1. The summed E-state index contributed by atoms with van der Waals surface area (Å²) in [5.74, 6) is -1.05. The van der Waals surface area contributed by atoms with E-state index < -0.39 is 11.4 Å². The number of aliphatic carboxylic acids is 1. The van der Waals surface area contributed by atoms with Gasteiger partial charge in [0.15, 0.2) is 0 Å². The molecule has 0 aromatic heterocycles. The molecule has 5 nitrogen and oxygen atoms in total. The maximum Gasteiger partial charge on any atom is 0.310 e. The smallest absolute Gasteiger partial charge is 0.310 e. The fraction of sp³-hybridized carbons (Fsp3) is 0.556. The Morgan fingerprint density at radius 3 is 2.52 bits per heavy atom. The first-order valence-corrected chi connectivity index (χ1v) is 8.22. The highest BCUT2D eigenvalue weighted by molar-refractivity contribution is 5.85. The van der Waals surface area contributed by atoms with E-state index in [1.165, 1.54) is 0 Å². The molecule has 1 aromatic rings. The van der Waals surface area contributed by atoms with Gasteiger partial charge < -0.3 is 15.2 Å². The fourth-order valence-corrected chi connectivity index (χ4v) is 2.83. The van der Waals surface area contributed by atoms with Crippen LogP contribution in [0.2, 0.25) is 0 Å². The van der Waals surface area contributed by atoms with E-state index in [9.17, 15) is 14.7 Å². The Morgan fingerprint density at radius 2 is 1.96 bits per heavy atom. The quantitative estimate of drug-likeness (QED) is 0.686. The first kappa shape index (κ1) is 17.5. The van der Waals surface area contributed by atoms with Crippen LogP contribution in [0.15, 0.2) is 24.3 Å². The Hall–Kier alpha value is -1.88. The van der Waals surface area contributed by atoms with Crippen molar-refractivity contribution < 1.29 is 19.4 Å². The number of carboxylic acids is 1. The third-order valence-corrected chi connectivity index (χ3v) is 4.46. The molecule has 1 amide bonds. The van der Waals surface area contributed by atoms with Gasteiger partial charge in [-0.2, -0.15) is 0 Å². The SMILES string of the molecule is CCCOCc1ccccc1CNC(=O)CC1(C(=O)O)CCC1. The Labute approximate surface area is 137 Å². The number of carbonyl (C=O) groups excluding carboxylic acids is 1. The Kier molecular flexibility index (Phi) is 6.16. The van der Waals surface area contributed by atoms with Crippen molar-refractivity contribution in [2.24, 2.45) is 5.41 Å². The normalized spacial score (nSPS) is 15.7. The third-order valence-electron chi connectivity index (χ3n) is 4.46. The van der Waals surface area contributed by atoms with Crippen LogP contribution in [-0.4, -0.2) is 23.6 Å². The van der Waals surface area contributed by atoms with Gasteiger partial charge in [-0.05, 0) is 30.4 Å². The van der Waals surface area contributed by atoms with Gasteiger partial charge in [0.05, 0.1) is 12.0 Å². The summed E-state index contributed by atoms with van der Waals surface area (Å²) in [5.41, 5.74) is 1.22. The van der Waals surface area contributed by atoms with Crippen molar-refractivity contribution in [3.8, 4) is 0 Å². The number of hydrogen-bond acceptors (Lipinski definition) is 3. The second kappa shape index (κ2) is 8.11. The Morgan fingerprint density at radius 1 is 1.26 bits per heavy atom. The molecule has 0 saturated heterocycles. The van der Waals surface area contributed by atoms with Crippen LogP contribution in [0.5, 0.6) is 0 Å². The first-order chi connectivity index (χ1) is 11.1. The average Bonchev–Trinajstić information content (AvgIpc) is 2.50. The van der Waals surface area contributed by atoms with Crippen molar-refractivity contribution in [2.75, 3.05) is 6.61 Å². The highest BCUT2D eigenvalue weighted by Crippen LogP contribution is 2.44. The molecule has 0 bridgehead atoms. The van der Waals surface area contributed by atoms with E-state index in [2.05, 4.69) is 12.2 Å². The molecule has 2 N–H and O–H groups in total. The van der Waals surface area contributed by atoms with Gasteiger partial charge in [0.25, 0.3) is 0 Å². The van der Waals surface area contributed by atoms with Gasteiger partial charge in [0.1, 0.15) is 0 Å². The molecular weight excluding hydrogens is 294 g/mol. The summed E-state index contributed by atoms with van der Waals surface area (Å²) in [6.07, 6.45) is 3.11. The second-order valence-corrected chi connectivity index (χ2v) is 6.21. The van der Waals surface area contributed by atoms with E-state index in [1.54, 1.807) is 0 Å². The van der Waals surface area contributed by atoms with Crippen molar-refractivity contribution in [3.63, 3.8) is 0 Å². The highest BCUT2D eigenvalue weighted by Gasteiger charge is 2.45. The van der Waals surface area contributed by atoms with Crippen LogP contribution in [0.3, 0.4) is 0 Å². The maximum absolute atomic E-state index is 12.1. The lowest BCUT2D eigenvalue weighted by Crippen LogP contribution is -2.42. The topological polar surface area (TPSA) is 75.6 Å². The summed E-state index contributed by atoms with van der Waals surface area (Å²) in [7, 11) is 0. The summed E-state index contributed by atoms with van der Waals surface area (Å²) in [6.45, 7) is 3.70. The zero-order chi connectivity index (χ0) is 16.7. The molecule has 0 spiro atoms. The monoisotopic (exact) mass is 319 g/mol. The van der Waals surface area contributed by atoms with E-state index >= 15 is 0 Å². The minimum Gasteiger partial charge on any atom is -0.481 e. The van der Waals surface area contributed by atoms with Gasteiger partial charge in [-0.25, -0.2) is 0 Å². The molecular formula is C18H25NO4. The van der Waals surface area contributed by atoms with Crippen LogP contribution >= 0.6 is 0 Å². The fourth-order valence-electron chi connectivity index (χ4n) is 2.83. The van der Waals surface area contributed by atoms with E-state index in [0.29, 0.717) is 32.6 Å². The average molecular weight is 319 g/mol. The van der Waals surface area contributed by atoms with Crippen molar-refractivity contribution >= 4 is 11.9 Å². The molecule has 1 aliphatic rings. The van der Waals surface area contributed by atoms with Crippen LogP contribution in [0, 0.1) is 5.41 Å². The van der Waals surface area contributed by atoms with Crippen LogP contribution in [0.1, 0.15) is 50.2 Å². The third kappa shape index (κ3) is 4.55. The van der Waals surface area contributed by atoms with Gasteiger partial charge in [-0.1, -0.05) is 37.6 Å². The van der Waals surface area contributed by atoms with Crippen molar-refractivity contribution in [1.29, 1.82) is 0 Å². The number of nitrogens with one attached hydrogen (secondary N) is 1. The van der Waals surface area contributed by atoms with Gasteiger partial charge >= 0.3 is 5.97 Å². The van der Waals surface area contributed by atoms with E-state index in [-0.39, 0.29) is 12.3 Å². The largest absolute Gasteiger partial charge is 0.481 e. The summed E-state index contributed by atoms with van der Waals surface area (Å²) < 4.78 is 5.56. The molecule has 0 heterocycles. The number of carboxylic acid groups (broad SMARTS) is 1. The van der Waals surface area contributed by atoms with Crippen LogP contribution < -0.4 is 5.32 Å². The van der Waals surface area contributed by atoms with Crippen molar-refractivity contribution in [1.82, 2.24) is 5.32 Å². The van der Waals surface area contributed by atoms with E-state index in [0.717, 1.165) is 24.0 Å². The van der Waals surface area contributed by atoms with Crippen molar-refractivity contribution in [3.05, 3.63) is 35.4 Å². The molecule has 126 valence electrons. The number of carbonyl (C=O) groups is 2. The summed E-state index contributed by atoms with van der Waals surface area (Å²) >= 11 is 0. The molecule has 0 radical (unpaired) electrons. The molecule has 23 heavy (non-hydrogen) atoms. The molecule has 2 rings (SSSR count). The molecule has 0 unspecified atom stereocenters. The predicted octanol–water partition coefficient (Wildman–Crippen LogP) is 2.87. The number of hydrogen-bond donors (Lipinski definition) is 2. The molecule has 1 aromatic carbocycles. The Balaban J connectivity index is 1.88.